The number of benzene rings is 1. The number of aryl methyl sites for hydroxylation is 1. The van der Waals surface area contributed by atoms with Gasteiger partial charge < -0.3 is 16.2 Å². The highest BCUT2D eigenvalue weighted by atomic mass is 16.3. The third-order valence-electron chi connectivity index (χ3n) is 3.88. The van der Waals surface area contributed by atoms with Gasteiger partial charge in [0, 0.05) is 17.6 Å². The lowest BCUT2D eigenvalue weighted by Crippen LogP contribution is -2.55. The average molecular weight is 264 g/mol. The van der Waals surface area contributed by atoms with Gasteiger partial charge >= 0.3 is 0 Å². The van der Waals surface area contributed by atoms with Crippen molar-refractivity contribution in [2.24, 2.45) is 5.73 Å². The van der Waals surface area contributed by atoms with Crippen LogP contribution in [0.3, 0.4) is 0 Å². The molecule has 0 bridgehead atoms. The first-order chi connectivity index (χ1) is 8.54. The Morgan fingerprint density at radius 3 is 2.32 bits per heavy atom. The maximum Gasteiger partial charge on any atom is 0.248 e. The molecule has 0 heterocycles. The Hall–Kier alpha value is -1.39. The van der Waals surface area contributed by atoms with Gasteiger partial charge in [-0.25, -0.2) is 0 Å². The fourth-order valence-electron chi connectivity index (χ4n) is 1.58. The van der Waals surface area contributed by atoms with Crippen LogP contribution in [0.5, 0.6) is 0 Å². The van der Waals surface area contributed by atoms with Crippen molar-refractivity contribution in [2.45, 2.75) is 52.3 Å². The van der Waals surface area contributed by atoms with Gasteiger partial charge in [-0.1, -0.05) is 6.07 Å². The van der Waals surface area contributed by atoms with E-state index in [1.807, 2.05) is 26.8 Å². The topological polar surface area (TPSA) is 75.4 Å². The number of primary amides is 1. The van der Waals surface area contributed by atoms with Crippen LogP contribution < -0.4 is 11.1 Å². The number of hydrogen-bond donors (Lipinski definition) is 3. The zero-order chi connectivity index (χ0) is 14.8. The minimum atomic E-state index is -0.825. The molecule has 0 aliphatic carbocycles. The minimum absolute atomic E-state index is 0.415. The molecule has 0 aliphatic rings. The van der Waals surface area contributed by atoms with Crippen LogP contribution in [0.15, 0.2) is 18.2 Å². The first-order valence-electron chi connectivity index (χ1n) is 6.41. The molecule has 4 nitrogen and oxygen atoms in total. The molecule has 1 rings (SSSR count). The van der Waals surface area contributed by atoms with E-state index in [0.29, 0.717) is 12.1 Å². The molecule has 1 aromatic rings. The van der Waals surface area contributed by atoms with Crippen molar-refractivity contribution in [2.75, 3.05) is 0 Å². The van der Waals surface area contributed by atoms with Crippen LogP contribution in [0, 0.1) is 6.92 Å². The van der Waals surface area contributed by atoms with E-state index < -0.39 is 17.0 Å². The molecule has 0 saturated heterocycles. The molecule has 1 aromatic carbocycles. The normalized spacial score (nSPS) is 12.5. The summed E-state index contributed by atoms with van der Waals surface area (Å²) in [5.41, 5.74) is 6.62. The number of nitrogens with two attached hydrogens (primary N) is 1. The van der Waals surface area contributed by atoms with Crippen molar-refractivity contribution in [1.29, 1.82) is 0 Å². The van der Waals surface area contributed by atoms with E-state index in [1.54, 1.807) is 26.0 Å². The van der Waals surface area contributed by atoms with Crippen LogP contribution in [-0.4, -0.2) is 22.2 Å². The van der Waals surface area contributed by atoms with Crippen molar-refractivity contribution in [3.63, 3.8) is 0 Å². The fraction of sp³-hybridized carbons (Fsp3) is 0.533. The van der Waals surface area contributed by atoms with Crippen LogP contribution in [0.25, 0.3) is 0 Å². The lowest BCUT2D eigenvalue weighted by Gasteiger charge is -2.38. The van der Waals surface area contributed by atoms with Crippen molar-refractivity contribution in [1.82, 2.24) is 5.32 Å². The van der Waals surface area contributed by atoms with E-state index in [1.165, 1.54) is 0 Å². The van der Waals surface area contributed by atoms with Crippen LogP contribution in [0.4, 0.5) is 0 Å². The summed E-state index contributed by atoms with van der Waals surface area (Å²) >= 11 is 0. The summed E-state index contributed by atoms with van der Waals surface area (Å²) in [5, 5.41) is 13.4. The van der Waals surface area contributed by atoms with Crippen LogP contribution in [0.1, 0.15) is 49.2 Å². The predicted octanol–water partition coefficient (Wildman–Crippen LogP) is 1.73. The summed E-state index contributed by atoms with van der Waals surface area (Å²) < 4.78 is 0. The van der Waals surface area contributed by atoms with Crippen LogP contribution in [-0.2, 0) is 6.54 Å². The Labute approximate surface area is 115 Å². The average Bonchev–Trinajstić information content (AvgIpc) is 2.25. The van der Waals surface area contributed by atoms with E-state index in [-0.39, 0.29) is 0 Å². The fourth-order valence-corrected chi connectivity index (χ4v) is 1.58. The van der Waals surface area contributed by atoms with Gasteiger partial charge in [-0.15, -0.1) is 0 Å². The largest absolute Gasteiger partial charge is 0.389 e. The van der Waals surface area contributed by atoms with Crippen molar-refractivity contribution in [3.05, 3.63) is 34.9 Å². The number of carbonyl (C=O) groups is 1. The molecule has 0 atom stereocenters. The number of aliphatic hydroxyl groups is 1. The predicted molar refractivity (Wildman–Crippen MR) is 76.9 cm³/mol. The maximum atomic E-state index is 11.1. The second-order valence-electron chi connectivity index (χ2n) is 6.04. The summed E-state index contributed by atoms with van der Waals surface area (Å²) in [6.07, 6.45) is 0. The Morgan fingerprint density at radius 1 is 1.32 bits per heavy atom. The third kappa shape index (κ3) is 3.78. The Morgan fingerprint density at radius 2 is 1.89 bits per heavy atom. The second kappa shape index (κ2) is 5.31. The maximum absolute atomic E-state index is 11.1. The lowest BCUT2D eigenvalue weighted by atomic mass is 9.85. The molecule has 0 aromatic heterocycles. The minimum Gasteiger partial charge on any atom is -0.389 e. The first-order valence-corrected chi connectivity index (χ1v) is 6.41. The van der Waals surface area contributed by atoms with Crippen LogP contribution >= 0.6 is 0 Å². The molecule has 1 amide bonds. The number of rotatable bonds is 5. The van der Waals surface area contributed by atoms with E-state index in [0.717, 1.165) is 11.1 Å². The van der Waals surface area contributed by atoms with Crippen molar-refractivity contribution in [3.8, 4) is 0 Å². The van der Waals surface area contributed by atoms with Crippen LogP contribution in [0.2, 0.25) is 0 Å². The molecule has 0 aliphatic heterocycles. The molecule has 0 radical (unpaired) electrons. The van der Waals surface area contributed by atoms with Gasteiger partial charge in [-0.3, -0.25) is 4.79 Å². The van der Waals surface area contributed by atoms with Gasteiger partial charge in [0.25, 0.3) is 0 Å². The Bertz CT molecular complexity index is 474. The van der Waals surface area contributed by atoms with E-state index in [2.05, 4.69) is 5.32 Å². The number of amides is 1. The van der Waals surface area contributed by atoms with Gasteiger partial charge in [-0.2, -0.15) is 0 Å². The van der Waals surface area contributed by atoms with Gasteiger partial charge in [0.15, 0.2) is 0 Å². The highest BCUT2D eigenvalue weighted by Gasteiger charge is 2.34. The lowest BCUT2D eigenvalue weighted by molar-refractivity contribution is -0.00534. The zero-order valence-corrected chi connectivity index (χ0v) is 12.4. The Kier molecular flexibility index (Phi) is 4.38. The SMILES string of the molecule is Cc1cc(C(N)=O)ccc1CNC(C)(C)C(C)(C)O. The summed E-state index contributed by atoms with van der Waals surface area (Å²) in [4.78, 5) is 11.1. The molecule has 0 unspecified atom stereocenters. The van der Waals surface area contributed by atoms with E-state index in [9.17, 15) is 9.90 Å². The molecule has 19 heavy (non-hydrogen) atoms. The molecule has 0 fully saturated rings. The highest BCUT2D eigenvalue weighted by molar-refractivity contribution is 5.93. The monoisotopic (exact) mass is 264 g/mol. The van der Waals surface area contributed by atoms with E-state index >= 15 is 0 Å². The second-order valence-corrected chi connectivity index (χ2v) is 6.04. The molecule has 106 valence electrons. The first kappa shape index (κ1) is 15.7. The summed E-state index contributed by atoms with van der Waals surface area (Å²) in [6.45, 7) is 10.1. The molecular weight excluding hydrogens is 240 g/mol. The van der Waals surface area contributed by atoms with Gasteiger partial charge in [0.2, 0.25) is 5.91 Å². The van der Waals surface area contributed by atoms with Crippen molar-refractivity contribution >= 4 is 5.91 Å². The van der Waals surface area contributed by atoms with Gasteiger partial charge in [0.1, 0.15) is 0 Å². The smallest absolute Gasteiger partial charge is 0.248 e. The highest BCUT2D eigenvalue weighted by Crippen LogP contribution is 2.21. The standard InChI is InChI=1S/C15H24N2O2/c1-10-8-11(13(16)18)6-7-12(10)9-17-14(2,3)15(4,5)19/h6-8,17,19H,9H2,1-5H3,(H2,16,18). The summed E-state index contributed by atoms with van der Waals surface area (Å²) in [6, 6.07) is 5.41. The molecule has 0 spiro atoms. The Balaban J connectivity index is 2.82. The third-order valence-corrected chi connectivity index (χ3v) is 3.88. The van der Waals surface area contributed by atoms with Crippen molar-refractivity contribution < 1.29 is 9.90 Å². The number of nitrogens with one attached hydrogen (secondary N) is 1. The quantitative estimate of drug-likeness (QED) is 0.758. The molecule has 4 heteroatoms. The number of carbonyl (C=O) groups excluding carboxylic acids is 1. The molecule has 4 N–H and O–H groups in total. The molecule has 0 saturated carbocycles. The van der Waals surface area contributed by atoms with E-state index in [4.69, 9.17) is 5.73 Å². The number of hydrogen-bond acceptors (Lipinski definition) is 3. The zero-order valence-electron chi connectivity index (χ0n) is 12.4. The summed E-state index contributed by atoms with van der Waals surface area (Å²) in [5.74, 6) is -0.417. The van der Waals surface area contributed by atoms with Gasteiger partial charge in [-0.05, 0) is 57.9 Å². The molecular formula is C15H24N2O2. The summed E-state index contributed by atoms with van der Waals surface area (Å²) in [7, 11) is 0. The van der Waals surface area contributed by atoms with Gasteiger partial charge in [0.05, 0.1) is 5.60 Å².